The quantitative estimate of drug-likeness (QED) is 0.625. The molecule has 7 heteroatoms. The number of rotatable bonds is 1. The van der Waals surface area contributed by atoms with Crippen molar-refractivity contribution in [1.82, 2.24) is 9.13 Å². The summed E-state index contributed by atoms with van der Waals surface area (Å²) in [7, 11) is 3.01. The van der Waals surface area contributed by atoms with E-state index >= 15 is 0 Å². The SMILES string of the molecule is Cn1c2c(c(=O)n(C)c1=O)[C@H](c1ccccc1Cl)[C@H]1C(=O)c3ccccc3C1=N2. The van der Waals surface area contributed by atoms with Crippen molar-refractivity contribution in [1.29, 1.82) is 0 Å². The Kier molecular flexibility index (Phi) is 3.76. The van der Waals surface area contributed by atoms with Crippen molar-refractivity contribution < 1.29 is 4.79 Å². The van der Waals surface area contributed by atoms with Gasteiger partial charge in [-0.15, -0.1) is 0 Å². The van der Waals surface area contributed by atoms with Crippen LogP contribution < -0.4 is 11.2 Å². The van der Waals surface area contributed by atoms with Gasteiger partial charge in [0.15, 0.2) is 5.78 Å². The van der Waals surface area contributed by atoms with Crippen LogP contribution in [0.15, 0.2) is 63.1 Å². The lowest BCUT2D eigenvalue weighted by molar-refractivity contribution is 0.0953. The summed E-state index contributed by atoms with van der Waals surface area (Å²) in [5.41, 5.74) is 1.95. The zero-order valence-corrected chi connectivity index (χ0v) is 16.5. The number of aliphatic imine (C=N–C) groups is 1. The number of fused-ring (bicyclic) bond motifs is 4. The molecule has 0 spiro atoms. The Morgan fingerprint density at radius 2 is 1.52 bits per heavy atom. The number of hydrogen-bond acceptors (Lipinski definition) is 4. The number of Topliss-reactive ketones (excluding diaryl/α,β-unsaturated/α-hetero) is 1. The molecule has 29 heavy (non-hydrogen) atoms. The Morgan fingerprint density at radius 3 is 2.24 bits per heavy atom. The maximum atomic E-state index is 13.4. The fourth-order valence-corrected chi connectivity index (χ4v) is 4.68. The van der Waals surface area contributed by atoms with Gasteiger partial charge in [-0.05, 0) is 11.6 Å². The molecule has 2 aliphatic rings. The van der Waals surface area contributed by atoms with E-state index in [1.165, 1.54) is 11.6 Å². The molecule has 0 fully saturated rings. The van der Waals surface area contributed by atoms with E-state index in [4.69, 9.17) is 11.6 Å². The number of carbonyl (C=O) groups excluding carboxylic acids is 1. The minimum atomic E-state index is -0.662. The van der Waals surface area contributed by atoms with E-state index in [0.29, 0.717) is 27.4 Å². The maximum absolute atomic E-state index is 13.4. The molecule has 0 saturated carbocycles. The highest BCUT2D eigenvalue weighted by Gasteiger charge is 2.48. The lowest BCUT2D eigenvalue weighted by Gasteiger charge is -2.30. The molecule has 5 rings (SSSR count). The summed E-state index contributed by atoms with van der Waals surface area (Å²) in [6, 6.07) is 14.5. The second-order valence-electron chi connectivity index (χ2n) is 7.33. The molecule has 3 aromatic rings. The molecular weight excluding hydrogens is 390 g/mol. The van der Waals surface area contributed by atoms with Crippen molar-refractivity contribution in [3.05, 3.63) is 96.6 Å². The Bertz CT molecular complexity index is 1370. The number of halogens is 1. The lowest BCUT2D eigenvalue weighted by atomic mass is 9.76. The van der Waals surface area contributed by atoms with Crippen LogP contribution in [-0.2, 0) is 14.1 Å². The van der Waals surface area contributed by atoms with Gasteiger partial charge in [0.05, 0.1) is 17.2 Å². The van der Waals surface area contributed by atoms with Crippen LogP contribution in [0.25, 0.3) is 0 Å². The van der Waals surface area contributed by atoms with Gasteiger partial charge in [0.1, 0.15) is 5.82 Å². The molecule has 0 N–H and O–H groups in total. The maximum Gasteiger partial charge on any atom is 0.332 e. The van der Waals surface area contributed by atoms with Gasteiger partial charge in [0.25, 0.3) is 5.56 Å². The van der Waals surface area contributed by atoms with Gasteiger partial charge in [0, 0.05) is 36.2 Å². The van der Waals surface area contributed by atoms with Gasteiger partial charge >= 0.3 is 5.69 Å². The average molecular weight is 406 g/mol. The summed E-state index contributed by atoms with van der Waals surface area (Å²) < 4.78 is 2.41. The van der Waals surface area contributed by atoms with Gasteiger partial charge in [-0.3, -0.25) is 18.7 Å². The molecule has 0 amide bonds. The molecule has 2 heterocycles. The van der Waals surface area contributed by atoms with Crippen molar-refractivity contribution in [3.63, 3.8) is 0 Å². The van der Waals surface area contributed by atoms with Gasteiger partial charge in [-0.2, -0.15) is 0 Å². The second kappa shape index (κ2) is 6.12. The van der Waals surface area contributed by atoms with Gasteiger partial charge in [0.2, 0.25) is 0 Å². The van der Waals surface area contributed by atoms with E-state index in [0.717, 1.165) is 10.1 Å². The third-order valence-electron chi connectivity index (χ3n) is 5.82. The number of hydrogen-bond donors (Lipinski definition) is 0. The number of aromatic nitrogens is 2. The van der Waals surface area contributed by atoms with Crippen LogP contribution in [0.5, 0.6) is 0 Å². The van der Waals surface area contributed by atoms with Crippen molar-refractivity contribution in [2.45, 2.75) is 5.92 Å². The normalized spacial score (nSPS) is 19.4. The first kappa shape index (κ1) is 17.8. The number of ketones is 1. The first-order valence-corrected chi connectivity index (χ1v) is 9.56. The first-order chi connectivity index (χ1) is 13.9. The van der Waals surface area contributed by atoms with E-state index in [-0.39, 0.29) is 11.6 Å². The Labute approximate surface area is 170 Å². The Balaban J connectivity index is 1.94. The highest BCUT2D eigenvalue weighted by atomic mass is 35.5. The summed E-state index contributed by atoms with van der Waals surface area (Å²) in [4.78, 5) is 43.8. The summed E-state index contributed by atoms with van der Waals surface area (Å²) >= 11 is 6.51. The van der Waals surface area contributed by atoms with E-state index in [9.17, 15) is 14.4 Å². The summed E-state index contributed by atoms with van der Waals surface area (Å²) in [5, 5.41) is 0.462. The number of nitrogens with zero attached hydrogens (tertiary/aromatic N) is 3. The Hall–Kier alpha value is -3.25. The van der Waals surface area contributed by atoms with Crippen LogP contribution in [0.3, 0.4) is 0 Å². The van der Waals surface area contributed by atoms with E-state index in [1.54, 1.807) is 31.3 Å². The predicted octanol–water partition coefficient (Wildman–Crippen LogP) is 2.82. The second-order valence-corrected chi connectivity index (χ2v) is 7.73. The van der Waals surface area contributed by atoms with Crippen LogP contribution in [0.1, 0.15) is 33.0 Å². The zero-order chi connectivity index (χ0) is 20.4. The molecule has 2 aromatic carbocycles. The van der Waals surface area contributed by atoms with Gasteiger partial charge < -0.3 is 0 Å². The minimum absolute atomic E-state index is 0.0918. The molecule has 1 aliphatic heterocycles. The molecule has 2 atom stereocenters. The number of benzene rings is 2. The van der Waals surface area contributed by atoms with Crippen LogP contribution in [0.4, 0.5) is 5.82 Å². The average Bonchev–Trinajstić information content (AvgIpc) is 3.02. The lowest BCUT2D eigenvalue weighted by Crippen LogP contribution is -2.43. The van der Waals surface area contributed by atoms with Crippen LogP contribution in [0.2, 0.25) is 5.02 Å². The largest absolute Gasteiger partial charge is 0.332 e. The third-order valence-corrected chi connectivity index (χ3v) is 6.17. The van der Waals surface area contributed by atoms with E-state index < -0.39 is 23.1 Å². The topological polar surface area (TPSA) is 73.4 Å². The van der Waals surface area contributed by atoms with Crippen LogP contribution in [-0.4, -0.2) is 20.6 Å². The molecule has 0 bridgehead atoms. The monoisotopic (exact) mass is 405 g/mol. The molecular formula is C22H16ClN3O3. The summed E-state index contributed by atoms with van der Waals surface area (Å²) in [6.07, 6.45) is 0. The number of carbonyl (C=O) groups is 1. The fourth-order valence-electron chi connectivity index (χ4n) is 4.43. The standard InChI is InChI=1S/C22H16ClN3O3/c1-25-20-17(21(28)26(2)22(25)29)15(13-9-5-6-10-14(13)23)16-18(24-20)11-7-3-4-8-12(11)19(16)27/h3-10,15-16H,1-2H3/t15-,16-/m1/s1. The molecule has 1 aromatic heterocycles. The summed E-state index contributed by atoms with van der Waals surface area (Å²) in [6.45, 7) is 0. The zero-order valence-electron chi connectivity index (χ0n) is 15.7. The van der Waals surface area contributed by atoms with Crippen molar-refractivity contribution >= 4 is 28.9 Å². The van der Waals surface area contributed by atoms with Crippen molar-refractivity contribution in [3.8, 4) is 0 Å². The smallest absolute Gasteiger partial charge is 0.293 e. The van der Waals surface area contributed by atoms with E-state index in [1.807, 2.05) is 24.3 Å². The highest BCUT2D eigenvalue weighted by Crippen LogP contribution is 2.47. The molecule has 0 radical (unpaired) electrons. The van der Waals surface area contributed by atoms with Gasteiger partial charge in [-0.25, -0.2) is 9.79 Å². The van der Waals surface area contributed by atoms with Crippen molar-refractivity contribution in [2.24, 2.45) is 25.0 Å². The molecule has 0 unspecified atom stereocenters. The van der Waals surface area contributed by atoms with Crippen LogP contribution in [0, 0.1) is 5.92 Å². The van der Waals surface area contributed by atoms with Gasteiger partial charge in [-0.1, -0.05) is 54.1 Å². The third kappa shape index (κ3) is 2.29. The first-order valence-electron chi connectivity index (χ1n) is 9.18. The molecule has 0 saturated heterocycles. The fraction of sp³-hybridized carbons (Fsp3) is 0.182. The van der Waals surface area contributed by atoms with E-state index in [2.05, 4.69) is 4.99 Å². The Morgan fingerprint density at radius 1 is 0.862 bits per heavy atom. The molecule has 144 valence electrons. The summed E-state index contributed by atoms with van der Waals surface area (Å²) in [5.74, 6) is -1.11. The predicted molar refractivity (Wildman–Crippen MR) is 111 cm³/mol. The molecule has 6 nitrogen and oxygen atoms in total. The van der Waals surface area contributed by atoms with Crippen molar-refractivity contribution in [2.75, 3.05) is 0 Å². The highest BCUT2D eigenvalue weighted by molar-refractivity contribution is 6.32. The molecule has 1 aliphatic carbocycles. The minimum Gasteiger partial charge on any atom is -0.293 e. The van der Waals surface area contributed by atoms with Crippen LogP contribution >= 0.6 is 11.6 Å².